The smallest absolute Gasteiger partial charge is 0.250 e. The number of pyridine rings is 1. The summed E-state index contributed by atoms with van der Waals surface area (Å²) in [6.45, 7) is 2.48. The highest BCUT2D eigenvalue weighted by atomic mass is 16.5. The van der Waals surface area contributed by atoms with Crippen molar-refractivity contribution in [2.24, 2.45) is 0 Å². The molecule has 0 amide bonds. The van der Waals surface area contributed by atoms with Crippen molar-refractivity contribution in [3.8, 4) is 5.75 Å². The van der Waals surface area contributed by atoms with Crippen molar-refractivity contribution in [3.63, 3.8) is 0 Å². The maximum atomic E-state index is 12.0. The number of nitrogens with one attached hydrogen (secondary N) is 1. The maximum Gasteiger partial charge on any atom is 0.250 e. The van der Waals surface area contributed by atoms with E-state index in [2.05, 4.69) is 5.32 Å². The number of aromatic nitrogens is 1. The van der Waals surface area contributed by atoms with Gasteiger partial charge in [0.2, 0.25) is 0 Å². The molecule has 1 atom stereocenters. The molecule has 4 nitrogen and oxygen atoms in total. The van der Waals surface area contributed by atoms with Gasteiger partial charge < -0.3 is 14.6 Å². The minimum absolute atomic E-state index is 0.0140. The molecule has 1 heterocycles. The molecule has 1 aromatic heterocycles. The third-order valence-corrected chi connectivity index (χ3v) is 3.39. The van der Waals surface area contributed by atoms with Gasteiger partial charge in [0.05, 0.1) is 13.2 Å². The van der Waals surface area contributed by atoms with Crippen LogP contribution in [-0.2, 0) is 6.54 Å². The molecule has 2 rings (SSSR count). The van der Waals surface area contributed by atoms with E-state index in [1.807, 2.05) is 50.5 Å². The fraction of sp³-hybridized carbons (Fsp3) is 0.312. The molecule has 1 aromatic carbocycles. The Morgan fingerprint density at radius 3 is 2.70 bits per heavy atom. The maximum absolute atomic E-state index is 12.0. The van der Waals surface area contributed by atoms with Crippen LogP contribution in [0.15, 0.2) is 47.4 Å². The number of hydrogen-bond acceptors (Lipinski definition) is 3. The van der Waals surface area contributed by atoms with E-state index in [9.17, 15) is 4.79 Å². The van der Waals surface area contributed by atoms with E-state index < -0.39 is 0 Å². The zero-order chi connectivity index (χ0) is 14.5. The van der Waals surface area contributed by atoms with Gasteiger partial charge in [0.1, 0.15) is 5.75 Å². The third kappa shape index (κ3) is 3.08. The van der Waals surface area contributed by atoms with Crippen molar-refractivity contribution in [2.45, 2.75) is 19.5 Å². The normalized spacial score (nSPS) is 12.2. The van der Waals surface area contributed by atoms with Gasteiger partial charge in [0, 0.05) is 24.4 Å². The first-order valence-electron chi connectivity index (χ1n) is 6.63. The second-order valence-electron chi connectivity index (χ2n) is 4.78. The van der Waals surface area contributed by atoms with Crippen LogP contribution in [0.25, 0.3) is 0 Å². The van der Waals surface area contributed by atoms with E-state index in [0.29, 0.717) is 6.54 Å². The molecule has 106 valence electrons. The van der Waals surface area contributed by atoms with E-state index in [1.54, 1.807) is 17.7 Å². The van der Waals surface area contributed by atoms with Crippen molar-refractivity contribution in [3.05, 3.63) is 64.1 Å². The molecule has 0 saturated heterocycles. The quantitative estimate of drug-likeness (QED) is 0.906. The first-order valence-corrected chi connectivity index (χ1v) is 6.63. The summed E-state index contributed by atoms with van der Waals surface area (Å²) < 4.78 is 7.10. The standard InChI is InChI=1S/C16H20N2O2/c1-12-8-9-18(16(19)10-12)11-14(17-2)13-6-4-5-7-15(13)20-3/h4-10,14,17H,11H2,1-3H3. The fourth-order valence-corrected chi connectivity index (χ4v) is 2.25. The van der Waals surface area contributed by atoms with Gasteiger partial charge in [-0.25, -0.2) is 0 Å². The van der Waals surface area contributed by atoms with Gasteiger partial charge >= 0.3 is 0 Å². The van der Waals surface area contributed by atoms with Gasteiger partial charge in [0.15, 0.2) is 0 Å². The van der Waals surface area contributed by atoms with Crippen LogP contribution >= 0.6 is 0 Å². The molecule has 0 saturated carbocycles. The molecule has 1 N–H and O–H groups in total. The summed E-state index contributed by atoms with van der Waals surface area (Å²) in [6, 6.07) is 11.5. The van der Waals surface area contributed by atoms with Crippen LogP contribution in [0.4, 0.5) is 0 Å². The lowest BCUT2D eigenvalue weighted by molar-refractivity contribution is 0.393. The summed E-state index contributed by atoms with van der Waals surface area (Å²) in [5, 5.41) is 3.24. The number of aryl methyl sites for hydroxylation is 1. The Hall–Kier alpha value is -2.07. The highest BCUT2D eigenvalue weighted by molar-refractivity contribution is 5.35. The van der Waals surface area contributed by atoms with Gasteiger partial charge in [-0.05, 0) is 31.7 Å². The zero-order valence-corrected chi connectivity index (χ0v) is 12.1. The lowest BCUT2D eigenvalue weighted by Crippen LogP contribution is -2.28. The summed E-state index contributed by atoms with van der Waals surface area (Å²) in [5.41, 5.74) is 2.04. The van der Waals surface area contributed by atoms with Crippen LogP contribution in [0.5, 0.6) is 5.75 Å². The Bertz CT molecular complexity index is 634. The van der Waals surface area contributed by atoms with Crippen molar-refractivity contribution in [1.29, 1.82) is 0 Å². The summed E-state index contributed by atoms with van der Waals surface area (Å²) in [5.74, 6) is 0.826. The topological polar surface area (TPSA) is 43.3 Å². The SMILES string of the molecule is CNC(Cn1ccc(C)cc1=O)c1ccccc1OC. The Labute approximate surface area is 119 Å². The first-order chi connectivity index (χ1) is 9.65. The number of rotatable bonds is 5. The van der Waals surface area contributed by atoms with Gasteiger partial charge in [-0.3, -0.25) is 4.79 Å². The minimum Gasteiger partial charge on any atom is -0.496 e. The van der Waals surface area contributed by atoms with Crippen LogP contribution in [0.1, 0.15) is 17.2 Å². The Balaban J connectivity index is 2.31. The molecule has 0 radical (unpaired) electrons. The first kappa shape index (κ1) is 14.3. The van der Waals surface area contributed by atoms with Gasteiger partial charge in [-0.15, -0.1) is 0 Å². The molecule has 0 aliphatic heterocycles. The van der Waals surface area contributed by atoms with Crippen molar-refractivity contribution >= 4 is 0 Å². The molecule has 1 unspecified atom stereocenters. The van der Waals surface area contributed by atoms with Crippen LogP contribution in [0.3, 0.4) is 0 Å². The Kier molecular flexibility index (Phi) is 4.58. The minimum atomic E-state index is 0.0140. The summed E-state index contributed by atoms with van der Waals surface area (Å²) in [6.07, 6.45) is 1.83. The molecule has 2 aromatic rings. The number of nitrogens with zero attached hydrogens (tertiary/aromatic N) is 1. The van der Waals surface area contributed by atoms with E-state index >= 15 is 0 Å². The Morgan fingerprint density at radius 2 is 2.05 bits per heavy atom. The number of para-hydroxylation sites is 1. The largest absolute Gasteiger partial charge is 0.496 e. The molecular formula is C16H20N2O2. The molecule has 20 heavy (non-hydrogen) atoms. The second kappa shape index (κ2) is 6.39. The molecule has 0 spiro atoms. The summed E-state index contributed by atoms with van der Waals surface area (Å²) >= 11 is 0. The molecule has 0 aliphatic rings. The third-order valence-electron chi connectivity index (χ3n) is 3.39. The average molecular weight is 272 g/mol. The molecule has 4 heteroatoms. The summed E-state index contributed by atoms with van der Waals surface area (Å²) in [4.78, 5) is 12.0. The van der Waals surface area contributed by atoms with Gasteiger partial charge in [-0.2, -0.15) is 0 Å². The van der Waals surface area contributed by atoms with Gasteiger partial charge in [-0.1, -0.05) is 18.2 Å². The highest BCUT2D eigenvalue weighted by Crippen LogP contribution is 2.25. The summed E-state index contributed by atoms with van der Waals surface area (Å²) in [7, 11) is 3.54. The highest BCUT2D eigenvalue weighted by Gasteiger charge is 2.14. The van der Waals surface area contributed by atoms with E-state index in [4.69, 9.17) is 4.74 Å². The predicted octanol–water partition coefficient (Wildman–Crippen LogP) is 2.13. The molecule has 0 aliphatic carbocycles. The monoisotopic (exact) mass is 272 g/mol. The number of hydrogen-bond donors (Lipinski definition) is 1. The van der Waals surface area contributed by atoms with Crippen LogP contribution in [0.2, 0.25) is 0 Å². The van der Waals surface area contributed by atoms with Crippen molar-refractivity contribution < 1.29 is 4.74 Å². The van der Waals surface area contributed by atoms with Crippen LogP contribution < -0.4 is 15.6 Å². The average Bonchev–Trinajstić information content (AvgIpc) is 2.46. The fourth-order valence-electron chi connectivity index (χ4n) is 2.25. The number of methoxy groups -OCH3 is 1. The number of benzene rings is 1. The van der Waals surface area contributed by atoms with E-state index in [-0.39, 0.29) is 11.6 Å². The second-order valence-corrected chi connectivity index (χ2v) is 4.78. The lowest BCUT2D eigenvalue weighted by Gasteiger charge is -2.20. The molecule has 0 fully saturated rings. The lowest BCUT2D eigenvalue weighted by atomic mass is 10.1. The van der Waals surface area contributed by atoms with Crippen LogP contribution in [0, 0.1) is 6.92 Å². The molecule has 0 bridgehead atoms. The Morgan fingerprint density at radius 1 is 1.30 bits per heavy atom. The number of likely N-dealkylation sites (N-methyl/N-ethyl adjacent to an activating group) is 1. The van der Waals surface area contributed by atoms with Gasteiger partial charge in [0.25, 0.3) is 5.56 Å². The van der Waals surface area contributed by atoms with Crippen LogP contribution in [-0.4, -0.2) is 18.7 Å². The number of ether oxygens (including phenoxy) is 1. The van der Waals surface area contributed by atoms with E-state index in [1.165, 1.54) is 0 Å². The van der Waals surface area contributed by atoms with E-state index in [0.717, 1.165) is 16.9 Å². The molecular weight excluding hydrogens is 252 g/mol. The van der Waals surface area contributed by atoms with Crippen molar-refractivity contribution in [2.75, 3.05) is 14.2 Å². The van der Waals surface area contributed by atoms with Crippen molar-refractivity contribution in [1.82, 2.24) is 9.88 Å². The zero-order valence-electron chi connectivity index (χ0n) is 12.1. The predicted molar refractivity (Wildman–Crippen MR) is 80.2 cm³/mol.